The molecule has 0 saturated carbocycles. The van der Waals surface area contributed by atoms with Crippen molar-refractivity contribution >= 4 is 39.7 Å². The van der Waals surface area contributed by atoms with Crippen molar-refractivity contribution in [3.63, 3.8) is 0 Å². The average molecular weight is 355 g/mol. The summed E-state index contributed by atoms with van der Waals surface area (Å²) in [6.45, 7) is 0. The first kappa shape index (κ1) is 12.8. The van der Waals surface area contributed by atoms with E-state index in [1.54, 1.807) is 12.1 Å². The molecule has 2 rings (SSSR count). The van der Waals surface area contributed by atoms with Gasteiger partial charge in [0.1, 0.15) is 5.75 Å². The van der Waals surface area contributed by atoms with Crippen LogP contribution in [0.4, 0.5) is 17.1 Å². The van der Waals surface area contributed by atoms with Gasteiger partial charge in [0.15, 0.2) is 4.11 Å². The lowest BCUT2D eigenvalue weighted by atomic mass is 10.2. The summed E-state index contributed by atoms with van der Waals surface area (Å²) >= 11 is 2.18. The van der Waals surface area contributed by atoms with E-state index in [1.165, 1.54) is 0 Å². The van der Waals surface area contributed by atoms with Gasteiger partial charge in [0.2, 0.25) is 0 Å². The molecule has 0 aliphatic heterocycles. The molecule has 18 heavy (non-hydrogen) atoms. The Balaban J connectivity index is 2.19. The van der Waals surface area contributed by atoms with E-state index in [2.05, 4.69) is 22.6 Å². The summed E-state index contributed by atoms with van der Waals surface area (Å²) in [6.07, 6.45) is 0. The molecule has 5 heteroatoms. The Kier molecular flexibility index (Phi) is 3.81. The molecule has 0 aliphatic carbocycles. The Labute approximate surface area is 119 Å². The minimum atomic E-state index is -0.171. The third-order valence-electron chi connectivity index (χ3n) is 2.52. The molecule has 0 fully saturated rings. The van der Waals surface area contributed by atoms with E-state index in [-0.39, 0.29) is 4.11 Å². The van der Waals surface area contributed by atoms with E-state index in [0.29, 0.717) is 22.8 Å². The zero-order valence-corrected chi connectivity index (χ0v) is 11.8. The van der Waals surface area contributed by atoms with Crippen molar-refractivity contribution in [1.82, 2.24) is 0 Å². The first-order chi connectivity index (χ1) is 8.58. The minimum Gasteiger partial charge on any atom is -0.473 e. The first-order valence-electron chi connectivity index (χ1n) is 5.38. The molecule has 0 bridgehead atoms. The van der Waals surface area contributed by atoms with Crippen molar-refractivity contribution in [3.8, 4) is 5.75 Å². The van der Waals surface area contributed by atoms with Gasteiger partial charge in [0.05, 0.1) is 17.1 Å². The summed E-state index contributed by atoms with van der Waals surface area (Å²) in [7, 11) is 0. The molecular weight excluding hydrogens is 341 g/mol. The van der Waals surface area contributed by atoms with Gasteiger partial charge in [-0.05, 0) is 46.9 Å². The number of nitrogen functional groups attached to an aromatic ring is 3. The highest BCUT2D eigenvalue weighted by atomic mass is 127. The molecular formula is C13H14IN3O. The summed E-state index contributed by atoms with van der Waals surface area (Å²) in [5.74, 6) is 0.660. The fraction of sp³-hybridized carbons (Fsp3) is 0.0769. The van der Waals surface area contributed by atoms with Gasteiger partial charge in [-0.3, -0.25) is 0 Å². The molecule has 0 radical (unpaired) electrons. The van der Waals surface area contributed by atoms with E-state index >= 15 is 0 Å². The molecule has 2 aromatic carbocycles. The zero-order chi connectivity index (χ0) is 13.1. The lowest BCUT2D eigenvalue weighted by Crippen LogP contribution is -2.03. The third-order valence-corrected chi connectivity index (χ3v) is 3.50. The number of ether oxygens (including phenoxy) is 1. The van der Waals surface area contributed by atoms with Gasteiger partial charge in [0.25, 0.3) is 0 Å². The number of hydrogen-bond acceptors (Lipinski definition) is 4. The van der Waals surface area contributed by atoms with Crippen molar-refractivity contribution < 1.29 is 4.74 Å². The minimum absolute atomic E-state index is 0.171. The lowest BCUT2D eigenvalue weighted by molar-refractivity contribution is 0.312. The van der Waals surface area contributed by atoms with Crippen LogP contribution in [0.2, 0.25) is 0 Å². The molecule has 0 spiro atoms. The monoisotopic (exact) mass is 355 g/mol. The topological polar surface area (TPSA) is 87.3 Å². The van der Waals surface area contributed by atoms with Crippen molar-refractivity contribution in [2.45, 2.75) is 4.11 Å². The largest absolute Gasteiger partial charge is 0.473 e. The van der Waals surface area contributed by atoms with Crippen LogP contribution in [-0.2, 0) is 0 Å². The van der Waals surface area contributed by atoms with E-state index < -0.39 is 0 Å². The summed E-state index contributed by atoms with van der Waals surface area (Å²) in [6, 6.07) is 12.9. The van der Waals surface area contributed by atoms with Gasteiger partial charge in [-0.2, -0.15) is 0 Å². The van der Waals surface area contributed by atoms with E-state index in [4.69, 9.17) is 21.9 Å². The van der Waals surface area contributed by atoms with Crippen LogP contribution < -0.4 is 21.9 Å². The van der Waals surface area contributed by atoms with E-state index in [9.17, 15) is 0 Å². The number of hydrogen-bond donors (Lipinski definition) is 3. The number of para-hydroxylation sites is 2. The SMILES string of the molecule is Nc1ccc(C(I)Oc2ccccc2N)cc1N. The van der Waals surface area contributed by atoms with Crippen LogP contribution in [-0.4, -0.2) is 0 Å². The number of benzene rings is 2. The summed E-state index contributed by atoms with van der Waals surface area (Å²) in [5, 5.41) is 0. The van der Waals surface area contributed by atoms with Crippen LogP contribution in [0, 0.1) is 0 Å². The fourth-order valence-corrected chi connectivity index (χ4v) is 2.16. The van der Waals surface area contributed by atoms with Gasteiger partial charge in [-0.15, -0.1) is 0 Å². The van der Waals surface area contributed by atoms with Crippen molar-refractivity contribution in [2.24, 2.45) is 0 Å². The van der Waals surface area contributed by atoms with Crippen molar-refractivity contribution in [1.29, 1.82) is 0 Å². The molecule has 0 aromatic heterocycles. The quantitative estimate of drug-likeness (QED) is 0.449. The Morgan fingerprint density at radius 1 is 0.889 bits per heavy atom. The van der Waals surface area contributed by atoms with Gasteiger partial charge >= 0.3 is 0 Å². The normalized spacial score (nSPS) is 12.1. The second-order valence-corrected chi connectivity index (χ2v) is 4.99. The summed E-state index contributed by atoms with van der Waals surface area (Å²) in [5.41, 5.74) is 20.0. The molecule has 2 aromatic rings. The van der Waals surface area contributed by atoms with Gasteiger partial charge in [-0.1, -0.05) is 18.2 Å². The molecule has 6 N–H and O–H groups in total. The zero-order valence-electron chi connectivity index (χ0n) is 9.64. The molecule has 94 valence electrons. The van der Waals surface area contributed by atoms with Crippen molar-refractivity contribution in [2.75, 3.05) is 17.2 Å². The fourth-order valence-electron chi connectivity index (χ4n) is 1.50. The second-order valence-electron chi connectivity index (χ2n) is 3.86. The maximum atomic E-state index is 5.83. The number of anilines is 3. The third kappa shape index (κ3) is 2.79. The first-order valence-corrected chi connectivity index (χ1v) is 6.62. The maximum absolute atomic E-state index is 5.83. The van der Waals surface area contributed by atoms with Crippen LogP contribution in [0.25, 0.3) is 0 Å². The number of rotatable bonds is 3. The van der Waals surface area contributed by atoms with Crippen molar-refractivity contribution in [3.05, 3.63) is 48.0 Å². The maximum Gasteiger partial charge on any atom is 0.174 e. The number of halogens is 1. The highest BCUT2D eigenvalue weighted by Gasteiger charge is 2.11. The highest BCUT2D eigenvalue weighted by Crippen LogP contribution is 2.32. The van der Waals surface area contributed by atoms with Gasteiger partial charge in [0, 0.05) is 5.56 Å². The predicted molar refractivity (Wildman–Crippen MR) is 83.5 cm³/mol. The average Bonchev–Trinajstić information content (AvgIpc) is 2.35. The molecule has 0 heterocycles. The molecule has 1 unspecified atom stereocenters. The Bertz CT molecular complexity index is 560. The van der Waals surface area contributed by atoms with Crippen LogP contribution >= 0.6 is 22.6 Å². The van der Waals surface area contributed by atoms with Gasteiger partial charge < -0.3 is 21.9 Å². The Morgan fingerprint density at radius 3 is 2.28 bits per heavy atom. The second kappa shape index (κ2) is 5.34. The van der Waals surface area contributed by atoms with E-state index in [1.807, 2.05) is 30.3 Å². The standard InChI is InChI=1S/C13H14IN3O/c14-13(8-5-6-9(15)11(17)7-8)18-12-4-2-1-3-10(12)16/h1-7,13H,15-17H2. The lowest BCUT2D eigenvalue weighted by Gasteiger charge is -2.15. The summed E-state index contributed by atoms with van der Waals surface area (Å²) < 4.78 is 5.62. The Hall–Kier alpha value is -1.63. The summed E-state index contributed by atoms with van der Waals surface area (Å²) in [4.78, 5) is 0. The highest BCUT2D eigenvalue weighted by molar-refractivity contribution is 14.1. The number of alkyl halides is 1. The van der Waals surface area contributed by atoms with Gasteiger partial charge in [-0.25, -0.2) is 0 Å². The predicted octanol–water partition coefficient (Wildman–Crippen LogP) is 2.95. The molecule has 0 aliphatic rings. The smallest absolute Gasteiger partial charge is 0.174 e. The number of nitrogens with two attached hydrogens (primary N) is 3. The van der Waals surface area contributed by atoms with Crippen LogP contribution in [0.15, 0.2) is 42.5 Å². The van der Waals surface area contributed by atoms with Crippen LogP contribution in [0.3, 0.4) is 0 Å². The van der Waals surface area contributed by atoms with Crippen LogP contribution in [0.1, 0.15) is 9.67 Å². The molecule has 1 atom stereocenters. The Morgan fingerprint density at radius 2 is 1.61 bits per heavy atom. The van der Waals surface area contributed by atoms with E-state index in [0.717, 1.165) is 5.56 Å². The molecule has 0 saturated heterocycles. The molecule has 4 nitrogen and oxygen atoms in total. The van der Waals surface area contributed by atoms with Crippen LogP contribution in [0.5, 0.6) is 5.75 Å². The molecule has 0 amide bonds.